The third kappa shape index (κ3) is 5.27. The zero-order valence-electron chi connectivity index (χ0n) is 18.0. The molecule has 1 N–H and O–H groups in total. The van der Waals surface area contributed by atoms with Gasteiger partial charge in [0.25, 0.3) is 0 Å². The van der Waals surface area contributed by atoms with E-state index in [1.807, 2.05) is 25.1 Å². The van der Waals surface area contributed by atoms with Gasteiger partial charge in [0.05, 0.1) is 0 Å². The second-order valence-corrected chi connectivity index (χ2v) is 7.72. The highest BCUT2D eigenvalue weighted by Crippen LogP contribution is 2.24. The average Bonchev–Trinajstić information content (AvgIpc) is 3.29. The van der Waals surface area contributed by atoms with Gasteiger partial charge >= 0.3 is 0 Å². The molecular weight excluding hydrogens is 392 g/mol. The number of pyridine rings is 1. The molecule has 0 saturated carbocycles. The summed E-state index contributed by atoms with van der Waals surface area (Å²) in [6, 6.07) is 9.86. The second kappa shape index (κ2) is 9.70. The molecule has 1 fully saturated rings. The van der Waals surface area contributed by atoms with E-state index in [0.29, 0.717) is 18.1 Å². The number of carbonyl (C=O) groups excluding carboxylic acids is 1. The van der Waals surface area contributed by atoms with Crippen LogP contribution in [-0.4, -0.2) is 58.7 Å². The van der Waals surface area contributed by atoms with E-state index in [4.69, 9.17) is 4.52 Å². The van der Waals surface area contributed by atoms with Crippen molar-refractivity contribution in [2.75, 3.05) is 42.9 Å². The summed E-state index contributed by atoms with van der Waals surface area (Å²) in [7, 11) is 0. The first-order valence-electron chi connectivity index (χ1n) is 10.7. The Kier molecular flexibility index (Phi) is 6.57. The summed E-state index contributed by atoms with van der Waals surface area (Å²) >= 11 is 0. The Labute approximate surface area is 182 Å². The summed E-state index contributed by atoms with van der Waals surface area (Å²) in [5.74, 6) is 0.875. The maximum absolute atomic E-state index is 12.4. The van der Waals surface area contributed by atoms with E-state index in [-0.39, 0.29) is 12.3 Å². The van der Waals surface area contributed by atoms with Gasteiger partial charge in [-0.3, -0.25) is 9.78 Å². The Hall–Kier alpha value is -3.26. The molecule has 1 aromatic carbocycles. The van der Waals surface area contributed by atoms with Crippen LogP contribution in [0.15, 0.2) is 47.2 Å². The minimum atomic E-state index is -0.0731. The molecule has 31 heavy (non-hydrogen) atoms. The van der Waals surface area contributed by atoms with Gasteiger partial charge in [0.15, 0.2) is 0 Å². The normalized spacial score (nSPS) is 14.6. The molecule has 8 nitrogen and oxygen atoms in total. The number of amides is 1. The first kappa shape index (κ1) is 21.0. The number of aryl methyl sites for hydroxylation is 2. The van der Waals surface area contributed by atoms with E-state index in [0.717, 1.165) is 49.5 Å². The smallest absolute Gasteiger partial charge is 0.227 e. The highest BCUT2D eigenvalue weighted by molar-refractivity contribution is 5.91. The van der Waals surface area contributed by atoms with Crippen molar-refractivity contribution < 1.29 is 9.32 Å². The number of carbonyl (C=O) groups is 1. The molecule has 8 heteroatoms. The number of nitrogens with one attached hydrogen (secondary N) is 1. The summed E-state index contributed by atoms with van der Waals surface area (Å²) < 4.78 is 5.27. The molecule has 1 aliphatic rings. The molecule has 162 valence electrons. The van der Waals surface area contributed by atoms with E-state index in [9.17, 15) is 4.79 Å². The summed E-state index contributed by atoms with van der Waals surface area (Å²) in [6.45, 7) is 9.58. The van der Waals surface area contributed by atoms with Gasteiger partial charge in [0.1, 0.15) is 0 Å². The van der Waals surface area contributed by atoms with Crippen LogP contribution in [0.1, 0.15) is 24.8 Å². The Balaban J connectivity index is 1.30. The van der Waals surface area contributed by atoms with Gasteiger partial charge in [-0.25, -0.2) is 0 Å². The van der Waals surface area contributed by atoms with Crippen LogP contribution in [0.5, 0.6) is 0 Å². The minimum Gasteiger partial charge on any atom is -0.369 e. The van der Waals surface area contributed by atoms with E-state index < -0.39 is 0 Å². The third-order valence-corrected chi connectivity index (χ3v) is 5.64. The Morgan fingerprint density at radius 2 is 1.90 bits per heavy atom. The zero-order valence-corrected chi connectivity index (χ0v) is 18.0. The molecular formula is C23H28N6O2. The lowest BCUT2D eigenvalue weighted by atomic mass is 10.1. The second-order valence-electron chi connectivity index (χ2n) is 7.72. The number of hydrogen-bond acceptors (Lipinski definition) is 7. The van der Waals surface area contributed by atoms with Gasteiger partial charge in [-0.2, -0.15) is 4.98 Å². The van der Waals surface area contributed by atoms with Crippen molar-refractivity contribution in [2.24, 2.45) is 0 Å². The number of likely N-dealkylation sites (N-methyl/N-ethyl adjacent to an activating group) is 1. The topological polar surface area (TPSA) is 87.4 Å². The SMILES string of the molecule is CCN1CCN(c2ccc(NC(=O)CCc3nc(-c4ccncc4)no3)c(C)c2)CC1. The predicted octanol–water partition coefficient (Wildman–Crippen LogP) is 3.15. The molecule has 0 aliphatic carbocycles. The molecule has 1 saturated heterocycles. The fraction of sp³-hybridized carbons (Fsp3) is 0.391. The van der Waals surface area contributed by atoms with Crippen LogP contribution in [0.3, 0.4) is 0 Å². The summed E-state index contributed by atoms with van der Waals surface area (Å²) in [6.07, 6.45) is 4.02. The van der Waals surface area contributed by atoms with Crippen LogP contribution in [0.2, 0.25) is 0 Å². The fourth-order valence-electron chi connectivity index (χ4n) is 3.71. The molecule has 0 spiro atoms. The number of nitrogens with zero attached hydrogens (tertiary/aromatic N) is 5. The number of benzene rings is 1. The number of hydrogen-bond donors (Lipinski definition) is 1. The Morgan fingerprint density at radius 3 is 2.61 bits per heavy atom. The van der Waals surface area contributed by atoms with E-state index in [1.54, 1.807) is 12.4 Å². The van der Waals surface area contributed by atoms with Crippen LogP contribution in [0.25, 0.3) is 11.4 Å². The quantitative estimate of drug-likeness (QED) is 0.628. The zero-order chi connectivity index (χ0) is 21.6. The van der Waals surface area contributed by atoms with Crippen molar-refractivity contribution in [3.05, 3.63) is 54.2 Å². The van der Waals surface area contributed by atoms with E-state index >= 15 is 0 Å². The van der Waals surface area contributed by atoms with Gasteiger partial charge in [-0.15, -0.1) is 0 Å². The minimum absolute atomic E-state index is 0.0731. The maximum Gasteiger partial charge on any atom is 0.227 e. The van der Waals surface area contributed by atoms with Crippen molar-refractivity contribution >= 4 is 17.3 Å². The predicted molar refractivity (Wildman–Crippen MR) is 120 cm³/mol. The van der Waals surface area contributed by atoms with Gasteiger partial charge < -0.3 is 19.6 Å². The molecule has 1 aliphatic heterocycles. The summed E-state index contributed by atoms with van der Waals surface area (Å²) in [4.78, 5) is 25.6. The first-order chi connectivity index (χ1) is 15.1. The van der Waals surface area contributed by atoms with Crippen LogP contribution in [-0.2, 0) is 11.2 Å². The number of rotatable bonds is 7. The van der Waals surface area contributed by atoms with Crippen LogP contribution in [0, 0.1) is 6.92 Å². The van der Waals surface area contributed by atoms with E-state index in [2.05, 4.69) is 49.3 Å². The van der Waals surface area contributed by atoms with Gasteiger partial charge in [-0.1, -0.05) is 12.1 Å². The molecule has 0 radical (unpaired) electrons. The Bertz CT molecular complexity index is 1010. The average molecular weight is 421 g/mol. The lowest BCUT2D eigenvalue weighted by molar-refractivity contribution is -0.116. The summed E-state index contributed by atoms with van der Waals surface area (Å²) in [5, 5.41) is 6.97. The Morgan fingerprint density at radius 1 is 1.13 bits per heavy atom. The molecule has 3 heterocycles. The van der Waals surface area contributed by atoms with Crippen molar-refractivity contribution in [3.8, 4) is 11.4 Å². The van der Waals surface area contributed by atoms with Gasteiger partial charge in [0.2, 0.25) is 17.6 Å². The summed E-state index contributed by atoms with van der Waals surface area (Å²) in [5.41, 5.74) is 3.94. The largest absolute Gasteiger partial charge is 0.369 e. The lowest BCUT2D eigenvalue weighted by Crippen LogP contribution is -2.46. The standard InChI is InChI=1S/C23H28N6O2/c1-3-28-12-14-29(15-13-28)19-4-5-20(17(2)16-19)25-21(30)6-7-22-26-23(27-31-22)18-8-10-24-11-9-18/h4-5,8-11,16H,3,6-7,12-15H2,1-2H3,(H,25,30). The maximum atomic E-state index is 12.4. The third-order valence-electron chi connectivity index (χ3n) is 5.64. The first-order valence-corrected chi connectivity index (χ1v) is 10.7. The molecule has 1 amide bonds. The monoisotopic (exact) mass is 420 g/mol. The highest BCUT2D eigenvalue weighted by Gasteiger charge is 2.17. The highest BCUT2D eigenvalue weighted by atomic mass is 16.5. The number of anilines is 2. The van der Waals surface area contributed by atoms with Gasteiger partial charge in [-0.05, 0) is 49.4 Å². The molecule has 0 atom stereocenters. The molecule has 4 rings (SSSR count). The van der Waals surface area contributed by atoms with Crippen molar-refractivity contribution in [3.63, 3.8) is 0 Å². The molecule has 2 aromatic heterocycles. The van der Waals surface area contributed by atoms with Crippen LogP contribution < -0.4 is 10.2 Å². The number of aromatic nitrogens is 3. The molecule has 3 aromatic rings. The van der Waals surface area contributed by atoms with Crippen LogP contribution in [0.4, 0.5) is 11.4 Å². The van der Waals surface area contributed by atoms with Gasteiger partial charge in [0, 0.05) is 68.4 Å². The molecule has 0 unspecified atom stereocenters. The van der Waals surface area contributed by atoms with Crippen molar-refractivity contribution in [2.45, 2.75) is 26.7 Å². The molecule has 0 bridgehead atoms. The van der Waals surface area contributed by atoms with E-state index in [1.165, 1.54) is 5.69 Å². The van der Waals surface area contributed by atoms with Crippen LogP contribution >= 0.6 is 0 Å². The number of piperazine rings is 1. The van der Waals surface area contributed by atoms with Crippen molar-refractivity contribution in [1.29, 1.82) is 0 Å². The van der Waals surface area contributed by atoms with Crippen molar-refractivity contribution in [1.82, 2.24) is 20.0 Å². The lowest BCUT2D eigenvalue weighted by Gasteiger charge is -2.35. The fourth-order valence-corrected chi connectivity index (χ4v) is 3.71.